The van der Waals surface area contributed by atoms with E-state index in [0.29, 0.717) is 24.8 Å². The molecule has 1 saturated carbocycles. The predicted octanol–water partition coefficient (Wildman–Crippen LogP) is 2.56. The van der Waals surface area contributed by atoms with E-state index in [1.54, 1.807) is 0 Å². The van der Waals surface area contributed by atoms with Gasteiger partial charge in [-0.1, -0.05) is 37.1 Å². The van der Waals surface area contributed by atoms with Gasteiger partial charge in [0.25, 0.3) is 0 Å². The zero-order valence-electron chi connectivity index (χ0n) is 13.1. The van der Waals surface area contributed by atoms with Gasteiger partial charge in [0, 0.05) is 24.4 Å². The van der Waals surface area contributed by atoms with Crippen molar-refractivity contribution < 1.29 is 9.59 Å². The lowest BCUT2D eigenvalue weighted by Crippen LogP contribution is -2.38. The second-order valence-corrected chi connectivity index (χ2v) is 6.53. The third-order valence-corrected chi connectivity index (χ3v) is 5.06. The zero-order chi connectivity index (χ0) is 15.5. The number of hydrogen-bond donors (Lipinski definition) is 2. The largest absolute Gasteiger partial charge is 0.298 e. The van der Waals surface area contributed by atoms with Crippen LogP contribution in [0.25, 0.3) is 0 Å². The van der Waals surface area contributed by atoms with E-state index >= 15 is 0 Å². The van der Waals surface area contributed by atoms with Crippen LogP contribution in [0.5, 0.6) is 0 Å². The zero-order valence-corrected chi connectivity index (χ0v) is 13.1. The standard InChI is InChI=1S/C18H24N2O2/c1-12-6-2-3-7-13(12)16(21)10-11-17(22)18-14-8-4-5-9-15(14)19-20-18/h2-3,6-7,14-15,18-20H,4-5,8-11H2,1H3. The molecule has 4 heteroatoms. The Labute approximate surface area is 131 Å². The van der Waals surface area contributed by atoms with Crippen LogP contribution in [-0.2, 0) is 4.79 Å². The van der Waals surface area contributed by atoms with Crippen LogP contribution in [0.4, 0.5) is 0 Å². The van der Waals surface area contributed by atoms with Crippen LogP contribution in [0, 0.1) is 12.8 Å². The van der Waals surface area contributed by atoms with Gasteiger partial charge in [-0.2, -0.15) is 0 Å². The van der Waals surface area contributed by atoms with Crippen molar-refractivity contribution >= 4 is 11.6 Å². The Kier molecular flexibility index (Phi) is 4.69. The molecular weight excluding hydrogens is 276 g/mol. The van der Waals surface area contributed by atoms with E-state index in [1.807, 2.05) is 31.2 Å². The van der Waals surface area contributed by atoms with Gasteiger partial charge in [0.2, 0.25) is 0 Å². The monoisotopic (exact) mass is 300 g/mol. The third-order valence-electron chi connectivity index (χ3n) is 5.06. The van der Waals surface area contributed by atoms with E-state index in [1.165, 1.54) is 12.8 Å². The highest BCUT2D eigenvalue weighted by Gasteiger charge is 2.40. The Hall–Kier alpha value is -1.52. The van der Waals surface area contributed by atoms with Crippen LogP contribution in [0.15, 0.2) is 24.3 Å². The van der Waals surface area contributed by atoms with E-state index in [4.69, 9.17) is 0 Å². The van der Waals surface area contributed by atoms with Gasteiger partial charge in [0.15, 0.2) is 11.6 Å². The number of carbonyl (C=O) groups is 2. The molecule has 2 fully saturated rings. The van der Waals surface area contributed by atoms with Crippen molar-refractivity contribution in [1.82, 2.24) is 10.9 Å². The summed E-state index contributed by atoms with van der Waals surface area (Å²) in [5.74, 6) is 0.635. The van der Waals surface area contributed by atoms with Gasteiger partial charge in [-0.05, 0) is 31.2 Å². The van der Waals surface area contributed by atoms with E-state index in [0.717, 1.165) is 24.0 Å². The van der Waals surface area contributed by atoms with Crippen molar-refractivity contribution in [3.8, 4) is 0 Å². The second-order valence-electron chi connectivity index (χ2n) is 6.53. The molecule has 1 heterocycles. The summed E-state index contributed by atoms with van der Waals surface area (Å²) >= 11 is 0. The number of nitrogens with one attached hydrogen (secondary N) is 2. The smallest absolute Gasteiger partial charge is 0.163 e. The Balaban J connectivity index is 1.56. The molecule has 1 saturated heterocycles. The lowest BCUT2D eigenvalue weighted by atomic mass is 9.80. The molecule has 0 spiro atoms. The van der Waals surface area contributed by atoms with E-state index in [-0.39, 0.29) is 17.6 Å². The summed E-state index contributed by atoms with van der Waals surface area (Å²) in [6.45, 7) is 1.93. The van der Waals surface area contributed by atoms with Gasteiger partial charge in [-0.3, -0.25) is 15.0 Å². The van der Waals surface area contributed by atoms with Crippen LogP contribution in [-0.4, -0.2) is 23.7 Å². The average Bonchev–Trinajstić information content (AvgIpc) is 2.97. The lowest BCUT2D eigenvalue weighted by Gasteiger charge is -2.26. The number of Topliss-reactive ketones (excluding diaryl/α,β-unsaturated/α-hetero) is 2. The fourth-order valence-electron chi connectivity index (χ4n) is 3.77. The first kappa shape index (κ1) is 15.4. The topological polar surface area (TPSA) is 58.2 Å². The van der Waals surface area contributed by atoms with Crippen LogP contribution >= 0.6 is 0 Å². The number of hydrogen-bond acceptors (Lipinski definition) is 4. The van der Waals surface area contributed by atoms with Gasteiger partial charge < -0.3 is 0 Å². The molecule has 1 aliphatic carbocycles. The maximum Gasteiger partial charge on any atom is 0.163 e. The molecule has 1 aromatic carbocycles. The molecule has 2 aliphatic rings. The van der Waals surface area contributed by atoms with E-state index in [9.17, 15) is 9.59 Å². The quantitative estimate of drug-likeness (QED) is 0.821. The van der Waals surface area contributed by atoms with Gasteiger partial charge in [-0.25, -0.2) is 5.43 Å². The lowest BCUT2D eigenvalue weighted by molar-refractivity contribution is -0.121. The first-order chi connectivity index (χ1) is 10.7. The predicted molar refractivity (Wildman–Crippen MR) is 85.6 cm³/mol. The van der Waals surface area contributed by atoms with Crippen molar-refractivity contribution in [2.45, 2.75) is 57.5 Å². The molecule has 22 heavy (non-hydrogen) atoms. The minimum Gasteiger partial charge on any atom is -0.298 e. The fourth-order valence-corrected chi connectivity index (χ4v) is 3.77. The van der Waals surface area contributed by atoms with Gasteiger partial charge in [0.05, 0.1) is 6.04 Å². The molecule has 3 unspecified atom stereocenters. The van der Waals surface area contributed by atoms with Crippen LogP contribution < -0.4 is 10.9 Å². The first-order valence-electron chi connectivity index (χ1n) is 8.29. The minimum absolute atomic E-state index is 0.0672. The van der Waals surface area contributed by atoms with Crippen molar-refractivity contribution in [3.05, 3.63) is 35.4 Å². The summed E-state index contributed by atoms with van der Waals surface area (Å²) in [7, 11) is 0. The maximum atomic E-state index is 12.5. The Morgan fingerprint density at radius 2 is 1.86 bits per heavy atom. The number of carbonyl (C=O) groups excluding carboxylic acids is 2. The maximum absolute atomic E-state index is 12.5. The van der Waals surface area contributed by atoms with E-state index < -0.39 is 0 Å². The summed E-state index contributed by atoms with van der Waals surface area (Å²) in [4.78, 5) is 24.7. The van der Waals surface area contributed by atoms with Crippen LogP contribution in [0.3, 0.4) is 0 Å². The summed E-state index contributed by atoms with van der Waals surface area (Å²) in [5.41, 5.74) is 8.14. The molecule has 1 aliphatic heterocycles. The minimum atomic E-state index is -0.116. The van der Waals surface area contributed by atoms with E-state index in [2.05, 4.69) is 10.9 Å². The molecule has 0 aromatic heterocycles. The van der Waals surface area contributed by atoms with Crippen molar-refractivity contribution in [2.75, 3.05) is 0 Å². The van der Waals surface area contributed by atoms with Gasteiger partial charge in [0.1, 0.15) is 0 Å². The summed E-state index contributed by atoms with van der Waals surface area (Å²) < 4.78 is 0. The highest BCUT2D eigenvalue weighted by molar-refractivity contribution is 5.99. The van der Waals surface area contributed by atoms with Crippen molar-refractivity contribution in [3.63, 3.8) is 0 Å². The number of hydrazine groups is 1. The van der Waals surface area contributed by atoms with Crippen LogP contribution in [0.2, 0.25) is 0 Å². The van der Waals surface area contributed by atoms with Crippen molar-refractivity contribution in [2.24, 2.45) is 5.92 Å². The highest BCUT2D eigenvalue weighted by atomic mass is 16.1. The normalized spacial score (nSPS) is 27.4. The molecule has 3 rings (SSSR count). The highest BCUT2D eigenvalue weighted by Crippen LogP contribution is 2.31. The van der Waals surface area contributed by atoms with Gasteiger partial charge >= 0.3 is 0 Å². The number of fused-ring (bicyclic) bond motifs is 1. The Morgan fingerprint density at radius 3 is 2.68 bits per heavy atom. The second kappa shape index (κ2) is 6.71. The molecule has 1 aromatic rings. The van der Waals surface area contributed by atoms with Gasteiger partial charge in [-0.15, -0.1) is 0 Å². The number of rotatable bonds is 5. The summed E-state index contributed by atoms with van der Waals surface area (Å²) in [6, 6.07) is 7.88. The molecule has 0 bridgehead atoms. The molecular formula is C18H24N2O2. The third kappa shape index (κ3) is 3.13. The van der Waals surface area contributed by atoms with Crippen molar-refractivity contribution in [1.29, 1.82) is 0 Å². The Morgan fingerprint density at radius 1 is 1.09 bits per heavy atom. The number of benzene rings is 1. The fraction of sp³-hybridized carbons (Fsp3) is 0.556. The molecule has 4 nitrogen and oxygen atoms in total. The Bertz CT molecular complexity index is 570. The average molecular weight is 300 g/mol. The molecule has 2 N–H and O–H groups in total. The molecule has 118 valence electrons. The number of ketones is 2. The SMILES string of the molecule is Cc1ccccc1C(=O)CCC(=O)C1NNC2CCCCC21. The van der Waals surface area contributed by atoms with Crippen LogP contribution in [0.1, 0.15) is 54.4 Å². The summed E-state index contributed by atoms with van der Waals surface area (Å²) in [5, 5.41) is 0. The first-order valence-corrected chi connectivity index (χ1v) is 8.29. The molecule has 0 amide bonds. The summed E-state index contributed by atoms with van der Waals surface area (Å²) in [6.07, 6.45) is 5.32. The molecule has 3 atom stereocenters. The molecule has 0 radical (unpaired) electrons. The number of aryl methyl sites for hydroxylation is 1.